The Kier molecular flexibility index (Phi) is 7.49. The van der Waals surface area contributed by atoms with Crippen molar-refractivity contribution in [1.29, 1.82) is 0 Å². The minimum atomic E-state index is -0.653. The van der Waals surface area contributed by atoms with Crippen molar-refractivity contribution in [3.05, 3.63) is 89.2 Å². The van der Waals surface area contributed by atoms with Crippen LogP contribution in [0, 0.1) is 5.82 Å². The third kappa shape index (κ3) is 5.76. The summed E-state index contributed by atoms with van der Waals surface area (Å²) in [7, 11) is 1.58. The van der Waals surface area contributed by atoms with Gasteiger partial charge in [0.2, 0.25) is 11.8 Å². The lowest BCUT2D eigenvalue weighted by atomic mass is 10.2. The smallest absolute Gasteiger partial charge is 0.242 e. The predicted octanol–water partition coefficient (Wildman–Crippen LogP) is 5.65. The van der Waals surface area contributed by atoms with Crippen molar-refractivity contribution >= 4 is 51.7 Å². The van der Waals surface area contributed by atoms with Crippen LogP contribution in [0.3, 0.4) is 0 Å². The summed E-state index contributed by atoms with van der Waals surface area (Å²) >= 11 is 7.35. The first kappa shape index (κ1) is 23.8. The average Bonchev–Trinajstić information content (AvgIpc) is 3.11. The second-order valence-corrected chi connectivity index (χ2v) is 9.06. The van der Waals surface area contributed by atoms with Gasteiger partial charge in [-0.25, -0.2) is 9.38 Å². The lowest BCUT2D eigenvalue weighted by Gasteiger charge is -2.17. The van der Waals surface area contributed by atoms with Gasteiger partial charge >= 0.3 is 0 Å². The fraction of sp³-hybridized carbons (Fsp3) is 0.160. The number of benzene rings is 3. The topological polar surface area (TPSA) is 71.0 Å². The number of nitrogens with one attached hydrogen (secondary N) is 1. The zero-order chi connectivity index (χ0) is 24.1. The highest BCUT2D eigenvalue weighted by Crippen LogP contribution is 2.33. The molecule has 2 amide bonds. The summed E-state index contributed by atoms with van der Waals surface area (Å²) < 4.78 is 18.5. The van der Waals surface area contributed by atoms with Crippen LogP contribution in [0.15, 0.2) is 77.8 Å². The van der Waals surface area contributed by atoms with Crippen LogP contribution in [0.5, 0.6) is 5.75 Å². The molecule has 1 saturated heterocycles. The maximum absolute atomic E-state index is 13.3. The van der Waals surface area contributed by atoms with E-state index in [-0.39, 0.29) is 30.6 Å². The van der Waals surface area contributed by atoms with Crippen molar-refractivity contribution in [2.45, 2.75) is 18.2 Å². The van der Waals surface area contributed by atoms with Crippen LogP contribution < -0.4 is 10.1 Å². The SMILES string of the molecule is COc1ccc(N=C2S[C@@H](CC(=O)Nc3ccccc3Cl)C(=O)N2Cc2ccc(F)cc2)cc1. The van der Waals surface area contributed by atoms with E-state index in [1.54, 1.807) is 67.8 Å². The second-order valence-electron chi connectivity index (χ2n) is 7.48. The van der Waals surface area contributed by atoms with Crippen molar-refractivity contribution < 1.29 is 18.7 Å². The Morgan fingerprint density at radius 1 is 1.12 bits per heavy atom. The van der Waals surface area contributed by atoms with E-state index in [0.717, 1.165) is 5.56 Å². The van der Waals surface area contributed by atoms with Crippen molar-refractivity contribution in [3.8, 4) is 5.75 Å². The van der Waals surface area contributed by atoms with Crippen LogP contribution in [-0.2, 0) is 16.1 Å². The molecule has 3 aromatic rings. The molecule has 174 valence electrons. The molecule has 1 atom stereocenters. The number of thioether (sulfide) groups is 1. The summed E-state index contributed by atoms with van der Waals surface area (Å²) in [5.41, 5.74) is 1.88. The van der Waals surface area contributed by atoms with E-state index in [0.29, 0.717) is 27.3 Å². The van der Waals surface area contributed by atoms with E-state index in [4.69, 9.17) is 16.3 Å². The largest absolute Gasteiger partial charge is 0.497 e. The molecule has 0 radical (unpaired) electrons. The predicted molar refractivity (Wildman–Crippen MR) is 133 cm³/mol. The maximum Gasteiger partial charge on any atom is 0.242 e. The van der Waals surface area contributed by atoms with E-state index in [2.05, 4.69) is 10.3 Å². The summed E-state index contributed by atoms with van der Waals surface area (Å²) in [4.78, 5) is 32.1. The zero-order valence-electron chi connectivity index (χ0n) is 18.2. The van der Waals surface area contributed by atoms with Crippen molar-refractivity contribution in [2.75, 3.05) is 12.4 Å². The summed E-state index contributed by atoms with van der Waals surface area (Å²) in [5.74, 6) is -0.231. The van der Waals surface area contributed by atoms with Crippen LogP contribution in [0.2, 0.25) is 5.02 Å². The summed E-state index contributed by atoms with van der Waals surface area (Å²) in [6, 6.07) is 20.0. The van der Waals surface area contributed by atoms with Crippen LogP contribution in [0.4, 0.5) is 15.8 Å². The van der Waals surface area contributed by atoms with Crippen molar-refractivity contribution in [2.24, 2.45) is 4.99 Å². The van der Waals surface area contributed by atoms with Gasteiger partial charge in [0.25, 0.3) is 0 Å². The van der Waals surface area contributed by atoms with Crippen LogP contribution in [0.1, 0.15) is 12.0 Å². The molecule has 1 aliphatic rings. The second kappa shape index (κ2) is 10.7. The maximum atomic E-state index is 13.3. The molecule has 0 bridgehead atoms. The van der Waals surface area contributed by atoms with Gasteiger partial charge in [0.05, 0.1) is 30.1 Å². The molecule has 1 fully saturated rings. The van der Waals surface area contributed by atoms with Gasteiger partial charge in [0, 0.05) is 6.42 Å². The number of rotatable bonds is 7. The van der Waals surface area contributed by atoms with Gasteiger partial charge < -0.3 is 10.1 Å². The van der Waals surface area contributed by atoms with Gasteiger partial charge in [-0.15, -0.1) is 0 Å². The van der Waals surface area contributed by atoms with Gasteiger partial charge in [-0.05, 0) is 54.1 Å². The van der Waals surface area contributed by atoms with Crippen LogP contribution in [0.25, 0.3) is 0 Å². The third-order valence-corrected chi connectivity index (χ3v) is 6.59. The number of nitrogens with zero attached hydrogens (tertiary/aromatic N) is 2. The number of amides is 2. The molecule has 0 unspecified atom stereocenters. The summed E-state index contributed by atoms with van der Waals surface area (Å²) in [6.07, 6.45) is -0.0454. The molecule has 6 nitrogen and oxygen atoms in total. The van der Waals surface area contributed by atoms with Gasteiger partial charge in [0.15, 0.2) is 5.17 Å². The van der Waals surface area contributed by atoms with E-state index < -0.39 is 5.25 Å². The molecule has 3 aromatic carbocycles. The number of para-hydroxylation sites is 1. The summed E-state index contributed by atoms with van der Waals surface area (Å²) in [5, 5.41) is 2.99. The highest BCUT2D eigenvalue weighted by molar-refractivity contribution is 8.15. The molecule has 1 aliphatic heterocycles. The Labute approximate surface area is 205 Å². The summed E-state index contributed by atoms with van der Waals surface area (Å²) in [6.45, 7) is 0.212. The van der Waals surface area contributed by atoms with Crippen molar-refractivity contribution in [3.63, 3.8) is 0 Å². The number of amidine groups is 1. The Bertz CT molecular complexity index is 1220. The van der Waals surface area contributed by atoms with E-state index in [1.165, 1.54) is 28.8 Å². The van der Waals surface area contributed by atoms with Gasteiger partial charge in [-0.3, -0.25) is 14.5 Å². The number of ether oxygens (including phenoxy) is 1. The lowest BCUT2D eigenvalue weighted by molar-refractivity contribution is -0.128. The van der Waals surface area contributed by atoms with E-state index >= 15 is 0 Å². The highest BCUT2D eigenvalue weighted by Gasteiger charge is 2.39. The fourth-order valence-corrected chi connectivity index (χ4v) is 4.68. The number of carbonyl (C=O) groups is 2. The molecule has 0 aliphatic carbocycles. The minimum Gasteiger partial charge on any atom is -0.497 e. The van der Waals surface area contributed by atoms with Gasteiger partial charge in [-0.2, -0.15) is 0 Å². The van der Waals surface area contributed by atoms with Crippen LogP contribution in [-0.4, -0.2) is 34.2 Å². The molecular formula is C25H21ClFN3O3S. The number of aliphatic imine (C=N–C) groups is 1. The molecule has 4 rings (SSSR count). The number of hydrogen-bond donors (Lipinski definition) is 1. The van der Waals surface area contributed by atoms with Crippen molar-refractivity contribution in [1.82, 2.24) is 4.90 Å². The molecule has 34 heavy (non-hydrogen) atoms. The highest BCUT2D eigenvalue weighted by atomic mass is 35.5. The van der Waals surface area contributed by atoms with Gasteiger partial charge in [-0.1, -0.05) is 47.6 Å². The molecule has 1 heterocycles. The first-order valence-electron chi connectivity index (χ1n) is 10.4. The zero-order valence-corrected chi connectivity index (χ0v) is 19.8. The molecule has 0 aromatic heterocycles. The average molecular weight is 498 g/mol. The Morgan fingerprint density at radius 3 is 2.50 bits per heavy atom. The Balaban J connectivity index is 1.55. The third-order valence-electron chi connectivity index (χ3n) is 5.09. The lowest BCUT2D eigenvalue weighted by Crippen LogP contribution is -2.33. The van der Waals surface area contributed by atoms with E-state index in [9.17, 15) is 14.0 Å². The molecule has 9 heteroatoms. The number of carbonyl (C=O) groups excluding carboxylic acids is 2. The number of methoxy groups -OCH3 is 1. The fourth-order valence-electron chi connectivity index (χ4n) is 3.34. The first-order valence-corrected chi connectivity index (χ1v) is 11.7. The number of hydrogen-bond acceptors (Lipinski definition) is 5. The number of anilines is 1. The normalized spacial score (nSPS) is 16.7. The quantitative estimate of drug-likeness (QED) is 0.458. The Morgan fingerprint density at radius 2 is 1.82 bits per heavy atom. The Hall–Kier alpha value is -3.36. The minimum absolute atomic E-state index is 0.0454. The van der Waals surface area contributed by atoms with Crippen LogP contribution >= 0.6 is 23.4 Å². The first-order chi connectivity index (χ1) is 16.4. The molecule has 0 spiro atoms. The molecular weight excluding hydrogens is 477 g/mol. The van der Waals surface area contributed by atoms with Gasteiger partial charge in [0.1, 0.15) is 16.8 Å². The standard InChI is InChI=1S/C25H21ClFN3O3S/c1-33-19-12-10-18(11-13-19)28-25-30(15-16-6-8-17(27)9-7-16)24(32)22(34-25)14-23(31)29-21-5-3-2-4-20(21)26/h2-13,22H,14-15H2,1H3,(H,29,31)/t22-/m0/s1. The van der Waals surface area contributed by atoms with E-state index in [1.807, 2.05) is 0 Å². The number of halogens is 2. The monoisotopic (exact) mass is 497 g/mol. The molecule has 1 N–H and O–H groups in total. The molecule has 0 saturated carbocycles.